The maximum Gasteiger partial charge on any atom is 0.0428 e. The van der Waals surface area contributed by atoms with Crippen molar-refractivity contribution in [3.8, 4) is 0 Å². The van der Waals surface area contributed by atoms with Crippen molar-refractivity contribution in [1.82, 2.24) is 4.90 Å². The van der Waals surface area contributed by atoms with Gasteiger partial charge in [0.15, 0.2) is 0 Å². The summed E-state index contributed by atoms with van der Waals surface area (Å²) < 4.78 is 0. The summed E-state index contributed by atoms with van der Waals surface area (Å²) >= 11 is 0. The van der Waals surface area contributed by atoms with Crippen molar-refractivity contribution in [3.05, 3.63) is 24.4 Å². The fourth-order valence-corrected chi connectivity index (χ4v) is 0.753. The minimum atomic E-state index is 0.963. The molecule has 1 radical (unpaired) electrons. The Morgan fingerprint density at radius 3 is 3.12 bits per heavy atom. The summed E-state index contributed by atoms with van der Waals surface area (Å²) in [5.74, 6) is 0. The Morgan fingerprint density at radius 1 is 1.75 bits per heavy atom. The first-order valence-electron chi connectivity index (χ1n) is 2.85. The van der Waals surface area contributed by atoms with Crippen LogP contribution in [0.3, 0.4) is 0 Å². The van der Waals surface area contributed by atoms with Gasteiger partial charge in [-0.25, -0.2) is 0 Å². The Labute approximate surface area is 50.3 Å². The van der Waals surface area contributed by atoms with Crippen molar-refractivity contribution in [2.45, 2.75) is 6.92 Å². The first-order valence-corrected chi connectivity index (χ1v) is 2.85. The van der Waals surface area contributed by atoms with Gasteiger partial charge in [0.2, 0.25) is 0 Å². The quantitative estimate of drug-likeness (QED) is 0.487. The minimum absolute atomic E-state index is 0.963. The molecule has 0 aromatic heterocycles. The van der Waals surface area contributed by atoms with Gasteiger partial charge in [-0.05, 0) is 19.2 Å². The van der Waals surface area contributed by atoms with E-state index in [1.165, 1.54) is 0 Å². The fraction of sp³-hybridized carbons (Fsp3) is 0.429. The van der Waals surface area contributed by atoms with Crippen molar-refractivity contribution in [3.63, 3.8) is 0 Å². The number of hydrogen-bond acceptors (Lipinski definition) is 1. The van der Waals surface area contributed by atoms with E-state index in [1.807, 2.05) is 13.0 Å². The van der Waals surface area contributed by atoms with E-state index in [0.29, 0.717) is 0 Å². The average molecular weight is 108 g/mol. The van der Waals surface area contributed by atoms with Crippen LogP contribution < -0.4 is 0 Å². The van der Waals surface area contributed by atoms with E-state index in [1.54, 1.807) is 0 Å². The maximum atomic E-state index is 3.11. The Kier molecular flexibility index (Phi) is 1.73. The van der Waals surface area contributed by atoms with Gasteiger partial charge in [0, 0.05) is 13.1 Å². The van der Waals surface area contributed by atoms with Crippen molar-refractivity contribution in [1.29, 1.82) is 0 Å². The van der Waals surface area contributed by atoms with E-state index in [2.05, 4.69) is 23.3 Å². The zero-order valence-corrected chi connectivity index (χ0v) is 5.09. The van der Waals surface area contributed by atoms with Crippen LogP contribution in [0.25, 0.3) is 0 Å². The zero-order chi connectivity index (χ0) is 5.82. The molecule has 1 aliphatic heterocycles. The predicted molar refractivity (Wildman–Crippen MR) is 34.2 cm³/mol. The molecule has 0 saturated heterocycles. The number of hydrogen-bond donors (Lipinski definition) is 0. The molecule has 0 bridgehead atoms. The zero-order valence-electron chi connectivity index (χ0n) is 5.09. The lowest BCUT2D eigenvalue weighted by Crippen LogP contribution is -2.10. The van der Waals surface area contributed by atoms with Crippen LogP contribution in [-0.4, -0.2) is 18.0 Å². The molecule has 1 heterocycles. The van der Waals surface area contributed by atoms with Gasteiger partial charge in [-0.1, -0.05) is 12.2 Å². The van der Waals surface area contributed by atoms with Gasteiger partial charge >= 0.3 is 0 Å². The molecule has 1 aliphatic rings. The molecule has 1 heteroatoms. The molecule has 0 fully saturated rings. The lowest BCUT2D eigenvalue weighted by molar-refractivity contribution is 0.483. The molecule has 0 aromatic rings. The smallest absolute Gasteiger partial charge is 0.0428 e. The second kappa shape index (κ2) is 2.55. The first-order chi connectivity index (χ1) is 3.93. The molecule has 1 nitrogen and oxygen atoms in total. The summed E-state index contributed by atoms with van der Waals surface area (Å²) in [6.07, 6.45) is 9.28. The van der Waals surface area contributed by atoms with Crippen LogP contribution >= 0.6 is 0 Å². The highest BCUT2D eigenvalue weighted by atomic mass is 15.1. The van der Waals surface area contributed by atoms with Gasteiger partial charge < -0.3 is 4.90 Å². The molecule has 0 amide bonds. The second-order valence-electron chi connectivity index (χ2n) is 1.82. The Bertz CT molecular complexity index is 106. The summed E-state index contributed by atoms with van der Waals surface area (Å²) in [6.45, 7) is 4.02. The second-order valence-corrected chi connectivity index (χ2v) is 1.82. The highest BCUT2D eigenvalue weighted by Gasteiger charge is 1.97. The highest BCUT2D eigenvalue weighted by Crippen LogP contribution is 1.96. The predicted octanol–water partition coefficient (Wildman–Crippen LogP) is 1.19. The number of nitrogens with zero attached hydrogens (tertiary/aromatic N) is 1. The standard InChI is InChI=1S/C7H10N/c1-2-5-8-6-3-4-7-8/h2-3,5H,6-7H2,1H3. The van der Waals surface area contributed by atoms with E-state index in [0.717, 1.165) is 13.1 Å². The van der Waals surface area contributed by atoms with Gasteiger partial charge in [0.1, 0.15) is 0 Å². The third-order valence-electron chi connectivity index (χ3n) is 1.12. The average Bonchev–Trinajstić information content (AvgIpc) is 2.19. The summed E-state index contributed by atoms with van der Waals surface area (Å²) in [7, 11) is 0. The molecule has 0 atom stereocenters. The molecule has 0 saturated carbocycles. The third kappa shape index (κ3) is 1.12. The van der Waals surface area contributed by atoms with E-state index in [9.17, 15) is 0 Å². The molecular formula is C7H10N. The molecule has 0 spiro atoms. The molecule has 43 valence electrons. The first kappa shape index (κ1) is 5.42. The van der Waals surface area contributed by atoms with Crippen molar-refractivity contribution < 1.29 is 0 Å². The topological polar surface area (TPSA) is 3.24 Å². The summed E-state index contributed by atoms with van der Waals surface area (Å²) in [4.78, 5) is 2.19. The fourth-order valence-electron chi connectivity index (χ4n) is 0.753. The van der Waals surface area contributed by atoms with Gasteiger partial charge in [-0.15, -0.1) is 0 Å². The van der Waals surface area contributed by atoms with E-state index in [-0.39, 0.29) is 0 Å². The van der Waals surface area contributed by atoms with E-state index < -0.39 is 0 Å². The Hall–Kier alpha value is -0.720. The maximum absolute atomic E-state index is 3.11. The van der Waals surface area contributed by atoms with Crippen LogP contribution in [0.4, 0.5) is 0 Å². The van der Waals surface area contributed by atoms with Crippen LogP contribution in [0, 0.1) is 6.08 Å². The van der Waals surface area contributed by atoms with Gasteiger partial charge in [-0.2, -0.15) is 0 Å². The van der Waals surface area contributed by atoms with Crippen LogP contribution in [0.2, 0.25) is 0 Å². The molecule has 0 unspecified atom stereocenters. The number of allylic oxidation sites excluding steroid dienone is 1. The van der Waals surface area contributed by atoms with E-state index >= 15 is 0 Å². The molecule has 0 aromatic carbocycles. The summed E-state index contributed by atoms with van der Waals surface area (Å²) in [6, 6.07) is 0. The lowest BCUT2D eigenvalue weighted by atomic mass is 10.6. The van der Waals surface area contributed by atoms with Gasteiger partial charge in [0.05, 0.1) is 0 Å². The molecule has 0 aliphatic carbocycles. The Morgan fingerprint density at radius 2 is 2.62 bits per heavy atom. The van der Waals surface area contributed by atoms with Crippen LogP contribution in [0.1, 0.15) is 6.92 Å². The SMILES string of the molecule is CC=CN1C[C]=CC1. The highest BCUT2D eigenvalue weighted by molar-refractivity contribution is 4.94. The van der Waals surface area contributed by atoms with Crippen LogP contribution in [0.5, 0.6) is 0 Å². The van der Waals surface area contributed by atoms with Gasteiger partial charge in [0.25, 0.3) is 0 Å². The summed E-state index contributed by atoms with van der Waals surface area (Å²) in [5, 5.41) is 0. The van der Waals surface area contributed by atoms with E-state index in [4.69, 9.17) is 0 Å². The van der Waals surface area contributed by atoms with Crippen molar-refractivity contribution >= 4 is 0 Å². The van der Waals surface area contributed by atoms with Crippen molar-refractivity contribution in [2.24, 2.45) is 0 Å². The van der Waals surface area contributed by atoms with Crippen LogP contribution in [0.15, 0.2) is 18.4 Å². The largest absolute Gasteiger partial charge is 0.370 e. The number of rotatable bonds is 1. The molecule has 0 N–H and O–H groups in total. The monoisotopic (exact) mass is 108 g/mol. The van der Waals surface area contributed by atoms with Crippen LogP contribution in [-0.2, 0) is 0 Å². The molecule has 8 heavy (non-hydrogen) atoms. The normalized spacial score (nSPS) is 18.9. The minimum Gasteiger partial charge on any atom is -0.370 e. The lowest BCUT2D eigenvalue weighted by Gasteiger charge is -2.08. The summed E-state index contributed by atoms with van der Waals surface area (Å²) in [5.41, 5.74) is 0. The molecular weight excluding hydrogens is 98.1 g/mol. The van der Waals surface area contributed by atoms with Gasteiger partial charge in [-0.3, -0.25) is 0 Å². The Balaban J connectivity index is 2.30. The molecule has 1 rings (SSSR count). The third-order valence-corrected chi connectivity index (χ3v) is 1.12. The van der Waals surface area contributed by atoms with Crippen molar-refractivity contribution in [2.75, 3.05) is 13.1 Å².